The Hall–Kier alpha value is -3.41. The summed E-state index contributed by atoms with van der Waals surface area (Å²) in [6, 6.07) is 16.8. The van der Waals surface area contributed by atoms with Crippen LogP contribution in [-0.2, 0) is 9.53 Å². The summed E-state index contributed by atoms with van der Waals surface area (Å²) in [5.41, 5.74) is 4.46. The summed E-state index contributed by atoms with van der Waals surface area (Å²) < 4.78 is 5.26. The Kier molecular flexibility index (Phi) is 5.35. The number of nitrogens with one attached hydrogen (secondary N) is 2. The highest BCUT2D eigenvalue weighted by Crippen LogP contribution is 2.19. The van der Waals surface area contributed by atoms with Gasteiger partial charge in [0.25, 0.3) is 5.91 Å². The van der Waals surface area contributed by atoms with Gasteiger partial charge in [0, 0.05) is 11.3 Å². The standard InChI is InChI=1S/C21H21N3O3/c1-13-9-10-17(14(2)11-13)22-20(25)15(3)27-21(26)19-12-18(23-24-19)16-7-5-4-6-8-16/h4-12,15H,1-3H3,(H,22,25)(H,23,24)/t15-/m1/s1. The van der Waals surface area contributed by atoms with E-state index in [0.717, 1.165) is 16.7 Å². The maximum Gasteiger partial charge on any atom is 0.357 e. The molecule has 0 spiro atoms. The smallest absolute Gasteiger partial charge is 0.357 e. The summed E-state index contributed by atoms with van der Waals surface area (Å²) in [6.45, 7) is 5.43. The second kappa shape index (κ2) is 7.86. The lowest BCUT2D eigenvalue weighted by Crippen LogP contribution is -2.30. The molecule has 0 aliphatic rings. The number of carbonyl (C=O) groups is 2. The maximum atomic E-state index is 12.3. The van der Waals surface area contributed by atoms with E-state index in [2.05, 4.69) is 15.5 Å². The highest BCUT2D eigenvalue weighted by Gasteiger charge is 2.21. The number of aryl methyl sites for hydroxylation is 2. The average Bonchev–Trinajstić information content (AvgIpc) is 3.15. The Morgan fingerprint density at radius 1 is 1.07 bits per heavy atom. The molecule has 0 saturated heterocycles. The van der Waals surface area contributed by atoms with Gasteiger partial charge in [-0.25, -0.2) is 4.79 Å². The van der Waals surface area contributed by atoms with Crippen molar-refractivity contribution in [1.29, 1.82) is 0 Å². The van der Waals surface area contributed by atoms with Crippen LogP contribution in [0.3, 0.4) is 0 Å². The molecule has 138 valence electrons. The second-order valence-corrected chi connectivity index (χ2v) is 6.39. The van der Waals surface area contributed by atoms with Crippen LogP contribution >= 0.6 is 0 Å². The lowest BCUT2D eigenvalue weighted by molar-refractivity contribution is -0.123. The molecule has 1 aromatic heterocycles. The van der Waals surface area contributed by atoms with Gasteiger partial charge in [0.05, 0.1) is 5.69 Å². The number of amides is 1. The Balaban J connectivity index is 1.63. The lowest BCUT2D eigenvalue weighted by Gasteiger charge is -2.14. The summed E-state index contributed by atoms with van der Waals surface area (Å²) in [7, 11) is 0. The highest BCUT2D eigenvalue weighted by molar-refractivity contribution is 5.97. The van der Waals surface area contributed by atoms with Crippen LogP contribution in [0.5, 0.6) is 0 Å². The van der Waals surface area contributed by atoms with E-state index in [1.165, 1.54) is 6.92 Å². The van der Waals surface area contributed by atoms with Crippen molar-refractivity contribution >= 4 is 17.6 Å². The van der Waals surface area contributed by atoms with Crippen LogP contribution in [-0.4, -0.2) is 28.2 Å². The molecule has 0 aliphatic carbocycles. The first-order chi connectivity index (χ1) is 12.9. The van der Waals surface area contributed by atoms with Crippen LogP contribution in [0.4, 0.5) is 5.69 Å². The summed E-state index contributed by atoms with van der Waals surface area (Å²) in [5.74, 6) is -1.02. The zero-order valence-corrected chi connectivity index (χ0v) is 15.4. The minimum absolute atomic E-state index is 0.194. The van der Waals surface area contributed by atoms with Crippen molar-refractivity contribution in [2.75, 3.05) is 5.32 Å². The van der Waals surface area contributed by atoms with Gasteiger partial charge in [-0.3, -0.25) is 9.89 Å². The predicted molar refractivity (Wildman–Crippen MR) is 103 cm³/mol. The number of aromatic nitrogens is 2. The number of rotatable bonds is 5. The number of hydrogen-bond donors (Lipinski definition) is 2. The normalized spacial score (nSPS) is 11.7. The van der Waals surface area contributed by atoms with Gasteiger partial charge in [0.15, 0.2) is 6.10 Å². The molecule has 0 radical (unpaired) electrons. The van der Waals surface area contributed by atoms with Crippen LogP contribution in [0.1, 0.15) is 28.5 Å². The largest absolute Gasteiger partial charge is 0.448 e. The SMILES string of the molecule is Cc1ccc(NC(=O)[C@@H](C)OC(=O)c2cc(-c3ccccc3)n[nH]2)c(C)c1. The number of nitrogens with zero attached hydrogens (tertiary/aromatic N) is 1. The van der Waals surface area contributed by atoms with Crippen LogP contribution < -0.4 is 5.32 Å². The van der Waals surface area contributed by atoms with Crippen LogP contribution in [0.2, 0.25) is 0 Å². The van der Waals surface area contributed by atoms with Crippen molar-refractivity contribution < 1.29 is 14.3 Å². The molecule has 1 amide bonds. The average molecular weight is 363 g/mol. The Labute approximate surface area is 157 Å². The Bertz CT molecular complexity index is 964. The summed E-state index contributed by atoms with van der Waals surface area (Å²) >= 11 is 0. The van der Waals surface area contributed by atoms with Crippen LogP contribution in [0.15, 0.2) is 54.6 Å². The van der Waals surface area contributed by atoms with Gasteiger partial charge in [-0.1, -0.05) is 48.0 Å². The minimum Gasteiger partial charge on any atom is -0.448 e. The van der Waals surface area contributed by atoms with Crippen LogP contribution in [0, 0.1) is 13.8 Å². The van der Waals surface area contributed by atoms with Crippen molar-refractivity contribution in [2.24, 2.45) is 0 Å². The molecular weight excluding hydrogens is 342 g/mol. The maximum absolute atomic E-state index is 12.3. The first-order valence-corrected chi connectivity index (χ1v) is 8.64. The van der Waals surface area contributed by atoms with Crippen molar-refractivity contribution in [2.45, 2.75) is 26.9 Å². The molecule has 3 rings (SSSR count). The van der Waals surface area contributed by atoms with E-state index < -0.39 is 18.0 Å². The van der Waals surface area contributed by atoms with E-state index in [9.17, 15) is 9.59 Å². The first kappa shape index (κ1) is 18.4. The zero-order valence-electron chi connectivity index (χ0n) is 15.4. The predicted octanol–water partition coefficient (Wildman–Crippen LogP) is 3.88. The fraction of sp³-hybridized carbons (Fsp3) is 0.190. The summed E-state index contributed by atoms with van der Waals surface area (Å²) in [4.78, 5) is 24.6. The molecule has 1 atom stereocenters. The van der Waals surface area contributed by atoms with Crippen molar-refractivity contribution in [3.63, 3.8) is 0 Å². The van der Waals surface area contributed by atoms with Gasteiger partial charge in [0.2, 0.25) is 0 Å². The minimum atomic E-state index is -0.943. The number of esters is 1. The summed E-state index contributed by atoms with van der Waals surface area (Å²) in [6.07, 6.45) is -0.943. The van der Waals surface area contributed by atoms with Crippen molar-refractivity contribution in [1.82, 2.24) is 10.2 Å². The topological polar surface area (TPSA) is 84.1 Å². The van der Waals surface area contributed by atoms with E-state index in [1.54, 1.807) is 6.07 Å². The van der Waals surface area contributed by atoms with Crippen LogP contribution in [0.25, 0.3) is 11.3 Å². The summed E-state index contributed by atoms with van der Waals surface area (Å²) in [5, 5.41) is 9.56. The van der Waals surface area contributed by atoms with Gasteiger partial charge in [0.1, 0.15) is 5.69 Å². The first-order valence-electron chi connectivity index (χ1n) is 8.64. The van der Waals surface area contributed by atoms with Crippen molar-refractivity contribution in [3.8, 4) is 11.3 Å². The van der Waals surface area contributed by atoms with Gasteiger partial charge < -0.3 is 10.1 Å². The number of benzene rings is 2. The molecule has 2 N–H and O–H groups in total. The highest BCUT2D eigenvalue weighted by atomic mass is 16.5. The number of carbonyl (C=O) groups excluding carboxylic acids is 2. The number of ether oxygens (including phenoxy) is 1. The number of anilines is 1. The molecular formula is C21H21N3O3. The molecule has 0 bridgehead atoms. The molecule has 0 unspecified atom stereocenters. The zero-order chi connectivity index (χ0) is 19.4. The second-order valence-electron chi connectivity index (χ2n) is 6.39. The van der Waals surface area contributed by atoms with E-state index in [-0.39, 0.29) is 5.69 Å². The Morgan fingerprint density at radius 3 is 2.52 bits per heavy atom. The van der Waals surface area contributed by atoms with Gasteiger partial charge in [-0.05, 0) is 38.5 Å². The monoisotopic (exact) mass is 363 g/mol. The molecule has 2 aromatic carbocycles. The van der Waals surface area contributed by atoms with Gasteiger partial charge >= 0.3 is 5.97 Å². The van der Waals surface area contributed by atoms with E-state index in [1.807, 2.05) is 62.4 Å². The third-order valence-corrected chi connectivity index (χ3v) is 4.16. The van der Waals surface area contributed by atoms with Crippen molar-refractivity contribution in [3.05, 3.63) is 71.4 Å². The molecule has 3 aromatic rings. The molecule has 27 heavy (non-hydrogen) atoms. The molecule has 0 saturated carbocycles. The Morgan fingerprint density at radius 2 is 1.81 bits per heavy atom. The quantitative estimate of drug-likeness (QED) is 0.674. The lowest BCUT2D eigenvalue weighted by atomic mass is 10.1. The fourth-order valence-corrected chi connectivity index (χ4v) is 2.65. The molecule has 6 nitrogen and oxygen atoms in total. The van der Waals surface area contributed by atoms with Gasteiger partial charge in [-0.2, -0.15) is 5.10 Å². The number of aromatic amines is 1. The third-order valence-electron chi connectivity index (χ3n) is 4.16. The van der Waals surface area contributed by atoms with E-state index >= 15 is 0 Å². The molecule has 0 aliphatic heterocycles. The van der Waals surface area contributed by atoms with E-state index in [0.29, 0.717) is 11.4 Å². The third kappa shape index (κ3) is 4.41. The fourth-order valence-electron chi connectivity index (χ4n) is 2.65. The van der Waals surface area contributed by atoms with Gasteiger partial charge in [-0.15, -0.1) is 0 Å². The van der Waals surface area contributed by atoms with E-state index in [4.69, 9.17) is 4.74 Å². The molecule has 1 heterocycles. The molecule has 0 fully saturated rings. The number of H-pyrrole nitrogens is 1. The molecule has 6 heteroatoms. The number of hydrogen-bond acceptors (Lipinski definition) is 4.